The van der Waals surface area contributed by atoms with E-state index in [1.807, 2.05) is 31.2 Å². The maximum atomic E-state index is 12.7. The SMILES string of the molecule is Cc1ccc(CS(=O)(=O)N2CCC(C(=O)Nc3cc(Cl)c(Cl)cc3Cl)CC2)cc1. The molecule has 1 N–H and O–H groups in total. The van der Waals surface area contributed by atoms with Crippen molar-refractivity contribution in [3.8, 4) is 0 Å². The van der Waals surface area contributed by atoms with Gasteiger partial charge in [-0.3, -0.25) is 4.79 Å². The summed E-state index contributed by atoms with van der Waals surface area (Å²) in [4.78, 5) is 12.6. The maximum absolute atomic E-state index is 12.7. The molecule has 5 nitrogen and oxygen atoms in total. The number of carbonyl (C=O) groups is 1. The highest BCUT2D eigenvalue weighted by Gasteiger charge is 2.31. The average molecular weight is 476 g/mol. The summed E-state index contributed by atoms with van der Waals surface area (Å²) in [5.74, 6) is -0.546. The largest absolute Gasteiger partial charge is 0.324 e. The van der Waals surface area contributed by atoms with Gasteiger partial charge in [-0.1, -0.05) is 64.6 Å². The number of nitrogens with zero attached hydrogens (tertiary/aromatic N) is 1. The van der Waals surface area contributed by atoms with Crippen molar-refractivity contribution in [2.24, 2.45) is 5.92 Å². The molecule has 3 rings (SSSR count). The van der Waals surface area contributed by atoms with Gasteiger partial charge in [-0.2, -0.15) is 0 Å². The molecule has 1 aliphatic heterocycles. The Bertz CT molecular complexity index is 1000. The van der Waals surface area contributed by atoms with Gasteiger partial charge >= 0.3 is 0 Å². The third-order valence-electron chi connectivity index (χ3n) is 4.96. The standard InChI is InChI=1S/C20H21Cl3N2O3S/c1-13-2-4-14(5-3-13)12-29(27,28)25-8-6-15(7-9-25)20(26)24-19-11-17(22)16(21)10-18(19)23/h2-5,10-11,15H,6-9,12H2,1H3,(H,24,26). The van der Waals surface area contributed by atoms with Crippen LogP contribution in [0.4, 0.5) is 5.69 Å². The molecule has 0 spiro atoms. The number of piperidine rings is 1. The fraction of sp³-hybridized carbons (Fsp3) is 0.350. The Kier molecular flexibility index (Phi) is 7.12. The van der Waals surface area contributed by atoms with E-state index in [2.05, 4.69) is 5.32 Å². The highest BCUT2D eigenvalue weighted by Crippen LogP contribution is 2.33. The van der Waals surface area contributed by atoms with Crippen molar-refractivity contribution in [1.82, 2.24) is 4.31 Å². The van der Waals surface area contributed by atoms with Crippen molar-refractivity contribution in [2.75, 3.05) is 18.4 Å². The van der Waals surface area contributed by atoms with Crippen LogP contribution >= 0.6 is 34.8 Å². The molecule has 0 saturated carbocycles. The Hall–Kier alpha value is -1.31. The van der Waals surface area contributed by atoms with E-state index in [1.54, 1.807) is 0 Å². The number of sulfonamides is 1. The number of halogens is 3. The van der Waals surface area contributed by atoms with Crippen LogP contribution in [0.1, 0.15) is 24.0 Å². The molecule has 9 heteroatoms. The Labute approximate surface area is 186 Å². The molecule has 2 aromatic rings. The molecular weight excluding hydrogens is 455 g/mol. The number of carbonyl (C=O) groups excluding carboxylic acids is 1. The Morgan fingerprint density at radius 3 is 2.24 bits per heavy atom. The van der Waals surface area contributed by atoms with Crippen LogP contribution in [0.3, 0.4) is 0 Å². The normalized spacial score (nSPS) is 16.0. The molecular formula is C20H21Cl3N2O3S. The molecule has 156 valence electrons. The molecule has 0 bridgehead atoms. The molecule has 1 amide bonds. The average Bonchev–Trinajstić information content (AvgIpc) is 2.68. The number of rotatable bonds is 5. The van der Waals surface area contributed by atoms with Gasteiger partial charge in [0.2, 0.25) is 15.9 Å². The van der Waals surface area contributed by atoms with E-state index in [0.29, 0.717) is 46.7 Å². The second-order valence-electron chi connectivity index (χ2n) is 7.15. The van der Waals surface area contributed by atoms with Gasteiger partial charge in [-0.05, 0) is 37.5 Å². The molecule has 0 radical (unpaired) electrons. The quantitative estimate of drug-likeness (QED) is 0.609. The summed E-state index contributed by atoms with van der Waals surface area (Å²) in [5, 5.41) is 3.66. The first-order valence-corrected chi connectivity index (χ1v) is 11.9. The lowest BCUT2D eigenvalue weighted by atomic mass is 9.97. The third-order valence-corrected chi connectivity index (χ3v) is 7.84. The molecule has 1 fully saturated rings. The fourth-order valence-electron chi connectivity index (χ4n) is 3.24. The number of hydrogen-bond donors (Lipinski definition) is 1. The highest BCUT2D eigenvalue weighted by atomic mass is 35.5. The Morgan fingerprint density at radius 1 is 1.03 bits per heavy atom. The topological polar surface area (TPSA) is 66.5 Å². The summed E-state index contributed by atoms with van der Waals surface area (Å²) in [6.07, 6.45) is 0.885. The summed E-state index contributed by atoms with van der Waals surface area (Å²) in [6, 6.07) is 10.4. The van der Waals surface area contributed by atoms with E-state index in [0.717, 1.165) is 11.1 Å². The number of aryl methyl sites for hydroxylation is 1. The van der Waals surface area contributed by atoms with Crippen LogP contribution in [0.5, 0.6) is 0 Å². The Morgan fingerprint density at radius 2 is 1.62 bits per heavy atom. The predicted octanol–water partition coefficient (Wildman–Crippen LogP) is 5.14. The molecule has 1 heterocycles. The summed E-state index contributed by atoms with van der Waals surface area (Å²) < 4.78 is 26.9. The van der Waals surface area contributed by atoms with Crippen molar-refractivity contribution in [3.63, 3.8) is 0 Å². The first-order chi connectivity index (χ1) is 13.7. The smallest absolute Gasteiger partial charge is 0.227 e. The first-order valence-electron chi connectivity index (χ1n) is 9.14. The lowest BCUT2D eigenvalue weighted by Gasteiger charge is -2.30. The summed E-state index contributed by atoms with van der Waals surface area (Å²) in [6.45, 7) is 2.57. The van der Waals surface area contributed by atoms with Crippen molar-refractivity contribution in [1.29, 1.82) is 0 Å². The zero-order chi connectivity index (χ0) is 21.2. The van der Waals surface area contributed by atoms with E-state index in [9.17, 15) is 13.2 Å². The number of benzene rings is 2. The number of hydrogen-bond acceptors (Lipinski definition) is 3. The molecule has 1 aliphatic rings. The highest BCUT2D eigenvalue weighted by molar-refractivity contribution is 7.88. The molecule has 29 heavy (non-hydrogen) atoms. The molecule has 0 aliphatic carbocycles. The van der Waals surface area contributed by atoms with E-state index in [1.165, 1.54) is 16.4 Å². The zero-order valence-electron chi connectivity index (χ0n) is 15.8. The van der Waals surface area contributed by atoms with Crippen LogP contribution in [0.15, 0.2) is 36.4 Å². The second-order valence-corrected chi connectivity index (χ2v) is 10.3. The van der Waals surface area contributed by atoms with E-state index >= 15 is 0 Å². The van der Waals surface area contributed by atoms with Crippen LogP contribution in [0, 0.1) is 12.8 Å². The summed E-state index contributed by atoms with van der Waals surface area (Å²) in [5.41, 5.74) is 2.23. The van der Waals surface area contributed by atoms with Crippen molar-refractivity contribution in [2.45, 2.75) is 25.5 Å². The van der Waals surface area contributed by atoms with Gasteiger partial charge in [-0.25, -0.2) is 12.7 Å². The molecule has 2 aromatic carbocycles. The molecule has 0 aromatic heterocycles. The minimum absolute atomic E-state index is 0.0387. The zero-order valence-corrected chi connectivity index (χ0v) is 18.9. The molecule has 0 atom stereocenters. The number of anilines is 1. The second kappa shape index (κ2) is 9.23. The monoisotopic (exact) mass is 474 g/mol. The Balaban J connectivity index is 1.59. The van der Waals surface area contributed by atoms with Gasteiger partial charge in [0, 0.05) is 19.0 Å². The van der Waals surface area contributed by atoms with Crippen LogP contribution < -0.4 is 5.32 Å². The minimum Gasteiger partial charge on any atom is -0.324 e. The molecule has 1 saturated heterocycles. The maximum Gasteiger partial charge on any atom is 0.227 e. The van der Waals surface area contributed by atoms with Gasteiger partial charge < -0.3 is 5.32 Å². The lowest BCUT2D eigenvalue weighted by Crippen LogP contribution is -2.41. The lowest BCUT2D eigenvalue weighted by molar-refractivity contribution is -0.120. The first kappa shape index (κ1) is 22.4. The predicted molar refractivity (Wildman–Crippen MR) is 118 cm³/mol. The van der Waals surface area contributed by atoms with Gasteiger partial charge in [-0.15, -0.1) is 0 Å². The van der Waals surface area contributed by atoms with E-state index in [-0.39, 0.29) is 17.6 Å². The van der Waals surface area contributed by atoms with Crippen LogP contribution in [-0.4, -0.2) is 31.7 Å². The van der Waals surface area contributed by atoms with Crippen LogP contribution in [-0.2, 0) is 20.6 Å². The minimum atomic E-state index is -3.43. The van der Waals surface area contributed by atoms with Crippen molar-refractivity contribution >= 4 is 56.4 Å². The summed E-state index contributed by atoms with van der Waals surface area (Å²) >= 11 is 18.0. The summed E-state index contributed by atoms with van der Waals surface area (Å²) in [7, 11) is -3.43. The number of nitrogens with one attached hydrogen (secondary N) is 1. The third kappa shape index (κ3) is 5.64. The van der Waals surface area contributed by atoms with Gasteiger partial charge in [0.25, 0.3) is 0 Å². The van der Waals surface area contributed by atoms with Crippen LogP contribution in [0.25, 0.3) is 0 Å². The van der Waals surface area contributed by atoms with E-state index < -0.39 is 10.0 Å². The van der Waals surface area contributed by atoms with Gasteiger partial charge in [0.1, 0.15) is 0 Å². The molecule has 0 unspecified atom stereocenters. The van der Waals surface area contributed by atoms with Gasteiger partial charge in [0.05, 0.1) is 26.5 Å². The number of amides is 1. The van der Waals surface area contributed by atoms with Crippen molar-refractivity contribution in [3.05, 3.63) is 62.6 Å². The fourth-order valence-corrected chi connectivity index (χ4v) is 5.39. The van der Waals surface area contributed by atoms with Gasteiger partial charge in [0.15, 0.2) is 0 Å². The van der Waals surface area contributed by atoms with Crippen LogP contribution in [0.2, 0.25) is 15.1 Å². The van der Waals surface area contributed by atoms with E-state index in [4.69, 9.17) is 34.8 Å². The van der Waals surface area contributed by atoms with Crippen molar-refractivity contribution < 1.29 is 13.2 Å².